The Hall–Kier alpha value is -2.47. The molecule has 3 rings (SSSR count). The molecule has 0 fully saturated rings. The SMILES string of the molecule is CCCNC(=O)[C@@H](Cc1ccccc1)N(Cc1c(Cl)cccc1Cl)C(=O)CSc1ccc(C)cc1. The molecule has 4 nitrogen and oxygen atoms in total. The Kier molecular flexibility index (Phi) is 10.5. The van der Waals surface area contributed by atoms with Crippen molar-refractivity contribution in [2.45, 2.75) is 44.2 Å². The van der Waals surface area contributed by atoms with Crippen molar-refractivity contribution in [3.05, 3.63) is 99.5 Å². The van der Waals surface area contributed by atoms with Crippen molar-refractivity contribution in [3.8, 4) is 0 Å². The van der Waals surface area contributed by atoms with E-state index >= 15 is 0 Å². The van der Waals surface area contributed by atoms with E-state index in [-0.39, 0.29) is 24.1 Å². The number of carbonyl (C=O) groups excluding carboxylic acids is 2. The summed E-state index contributed by atoms with van der Waals surface area (Å²) in [5, 5.41) is 3.91. The molecule has 0 aliphatic heterocycles. The van der Waals surface area contributed by atoms with Crippen LogP contribution in [0.2, 0.25) is 10.0 Å². The van der Waals surface area contributed by atoms with Crippen molar-refractivity contribution in [1.82, 2.24) is 10.2 Å². The number of hydrogen-bond donors (Lipinski definition) is 1. The molecular formula is C28H30Cl2N2O2S. The summed E-state index contributed by atoms with van der Waals surface area (Å²) in [6.45, 7) is 4.70. The smallest absolute Gasteiger partial charge is 0.243 e. The van der Waals surface area contributed by atoms with Gasteiger partial charge in [0.25, 0.3) is 0 Å². The summed E-state index contributed by atoms with van der Waals surface area (Å²) >= 11 is 14.4. The highest BCUT2D eigenvalue weighted by atomic mass is 35.5. The van der Waals surface area contributed by atoms with E-state index in [4.69, 9.17) is 23.2 Å². The van der Waals surface area contributed by atoms with Crippen LogP contribution in [0.1, 0.15) is 30.0 Å². The third kappa shape index (κ3) is 8.03. The van der Waals surface area contributed by atoms with E-state index in [2.05, 4.69) is 5.32 Å². The number of carbonyl (C=O) groups is 2. The Morgan fingerprint density at radius 2 is 1.60 bits per heavy atom. The number of halogens is 2. The molecule has 35 heavy (non-hydrogen) atoms. The zero-order valence-electron chi connectivity index (χ0n) is 20.0. The summed E-state index contributed by atoms with van der Waals surface area (Å²) in [4.78, 5) is 29.6. The van der Waals surface area contributed by atoms with Gasteiger partial charge in [-0.25, -0.2) is 0 Å². The van der Waals surface area contributed by atoms with Gasteiger partial charge in [0, 0.05) is 40.0 Å². The molecule has 0 bridgehead atoms. The third-order valence-electron chi connectivity index (χ3n) is 5.59. The Balaban J connectivity index is 1.93. The van der Waals surface area contributed by atoms with Gasteiger partial charge in [0.05, 0.1) is 5.75 Å². The summed E-state index contributed by atoms with van der Waals surface area (Å²) in [5.74, 6) is -0.149. The lowest BCUT2D eigenvalue weighted by molar-refractivity contribution is -0.139. The van der Waals surface area contributed by atoms with Gasteiger partial charge in [-0.15, -0.1) is 11.8 Å². The van der Waals surface area contributed by atoms with E-state index in [0.29, 0.717) is 28.6 Å². The van der Waals surface area contributed by atoms with Crippen molar-refractivity contribution in [3.63, 3.8) is 0 Å². The monoisotopic (exact) mass is 528 g/mol. The lowest BCUT2D eigenvalue weighted by Gasteiger charge is -2.32. The van der Waals surface area contributed by atoms with Gasteiger partial charge in [-0.1, -0.05) is 84.2 Å². The highest BCUT2D eigenvalue weighted by molar-refractivity contribution is 8.00. The average molecular weight is 530 g/mol. The van der Waals surface area contributed by atoms with Gasteiger partial charge < -0.3 is 10.2 Å². The molecule has 0 heterocycles. The number of nitrogens with one attached hydrogen (secondary N) is 1. The Bertz CT molecular complexity index is 1100. The Labute approximate surface area is 222 Å². The van der Waals surface area contributed by atoms with Crippen molar-refractivity contribution >= 4 is 46.8 Å². The second-order valence-electron chi connectivity index (χ2n) is 8.32. The summed E-state index contributed by atoms with van der Waals surface area (Å²) in [6.07, 6.45) is 1.19. The van der Waals surface area contributed by atoms with Crippen LogP contribution in [-0.2, 0) is 22.6 Å². The van der Waals surface area contributed by atoms with E-state index in [1.54, 1.807) is 23.1 Å². The molecule has 1 atom stereocenters. The predicted octanol–water partition coefficient (Wildman–Crippen LogP) is 6.56. The van der Waals surface area contributed by atoms with Crippen LogP contribution in [0.3, 0.4) is 0 Å². The second kappa shape index (κ2) is 13.6. The first-order valence-corrected chi connectivity index (χ1v) is 13.4. The summed E-state index contributed by atoms with van der Waals surface area (Å²) in [5.41, 5.74) is 2.76. The maximum absolute atomic E-state index is 13.7. The summed E-state index contributed by atoms with van der Waals surface area (Å²) in [6, 6.07) is 22.3. The van der Waals surface area contributed by atoms with Gasteiger partial charge in [-0.05, 0) is 43.2 Å². The van der Waals surface area contributed by atoms with Gasteiger partial charge in [-0.2, -0.15) is 0 Å². The van der Waals surface area contributed by atoms with Crippen LogP contribution >= 0.6 is 35.0 Å². The average Bonchev–Trinajstić information content (AvgIpc) is 2.86. The van der Waals surface area contributed by atoms with Gasteiger partial charge >= 0.3 is 0 Å². The first kappa shape index (κ1) is 27.1. The minimum atomic E-state index is -0.706. The third-order valence-corrected chi connectivity index (χ3v) is 7.30. The molecule has 0 radical (unpaired) electrons. The quantitative estimate of drug-likeness (QED) is 0.286. The molecule has 0 unspecified atom stereocenters. The fourth-order valence-corrected chi connectivity index (χ4v) is 4.94. The molecule has 3 aromatic carbocycles. The van der Waals surface area contributed by atoms with Crippen LogP contribution in [0.25, 0.3) is 0 Å². The van der Waals surface area contributed by atoms with Crippen LogP contribution in [0, 0.1) is 6.92 Å². The largest absolute Gasteiger partial charge is 0.354 e. The zero-order chi connectivity index (χ0) is 25.2. The first-order valence-electron chi connectivity index (χ1n) is 11.6. The standard InChI is InChI=1S/C28H30Cl2N2O2S/c1-3-16-31-28(34)26(17-21-8-5-4-6-9-21)32(18-23-24(29)10-7-11-25(23)30)27(33)19-35-22-14-12-20(2)13-15-22/h4-15,26H,3,16-19H2,1-2H3,(H,31,34)/t26-/m1/s1. The topological polar surface area (TPSA) is 49.4 Å². The minimum absolute atomic E-state index is 0.142. The van der Waals surface area contributed by atoms with Crippen LogP contribution in [0.5, 0.6) is 0 Å². The Morgan fingerprint density at radius 1 is 0.943 bits per heavy atom. The van der Waals surface area contributed by atoms with Gasteiger partial charge in [0.2, 0.25) is 11.8 Å². The summed E-state index contributed by atoms with van der Waals surface area (Å²) in [7, 11) is 0. The van der Waals surface area contributed by atoms with Gasteiger partial charge in [-0.3, -0.25) is 9.59 Å². The normalized spacial score (nSPS) is 11.7. The lowest BCUT2D eigenvalue weighted by Crippen LogP contribution is -2.51. The van der Waals surface area contributed by atoms with Crippen LogP contribution in [0.4, 0.5) is 0 Å². The van der Waals surface area contributed by atoms with Crippen molar-refractivity contribution in [1.29, 1.82) is 0 Å². The number of aryl methyl sites for hydroxylation is 1. The summed E-state index contributed by atoms with van der Waals surface area (Å²) < 4.78 is 0. The zero-order valence-corrected chi connectivity index (χ0v) is 22.3. The van der Waals surface area contributed by atoms with E-state index in [1.165, 1.54) is 11.8 Å². The fraction of sp³-hybridized carbons (Fsp3) is 0.286. The van der Waals surface area contributed by atoms with Crippen LogP contribution < -0.4 is 5.32 Å². The number of hydrogen-bond acceptors (Lipinski definition) is 3. The number of amides is 2. The molecule has 3 aromatic rings. The highest BCUT2D eigenvalue weighted by Crippen LogP contribution is 2.28. The van der Waals surface area contributed by atoms with Crippen molar-refractivity contribution in [2.24, 2.45) is 0 Å². The van der Waals surface area contributed by atoms with E-state index in [9.17, 15) is 9.59 Å². The molecule has 0 saturated heterocycles. The molecule has 0 aromatic heterocycles. The van der Waals surface area contributed by atoms with Crippen molar-refractivity contribution in [2.75, 3.05) is 12.3 Å². The molecule has 0 aliphatic carbocycles. The molecule has 184 valence electrons. The molecule has 2 amide bonds. The maximum Gasteiger partial charge on any atom is 0.243 e. The van der Waals surface area contributed by atoms with E-state index in [1.807, 2.05) is 68.4 Å². The molecule has 0 saturated carbocycles. The van der Waals surface area contributed by atoms with Gasteiger partial charge in [0.15, 0.2) is 0 Å². The number of rotatable bonds is 11. The molecule has 0 spiro atoms. The minimum Gasteiger partial charge on any atom is -0.354 e. The van der Waals surface area contributed by atoms with Gasteiger partial charge in [0.1, 0.15) is 6.04 Å². The van der Waals surface area contributed by atoms with Crippen LogP contribution in [-0.4, -0.2) is 35.1 Å². The molecular weight excluding hydrogens is 499 g/mol. The number of thioether (sulfide) groups is 1. The molecule has 1 N–H and O–H groups in total. The predicted molar refractivity (Wildman–Crippen MR) is 146 cm³/mol. The van der Waals surface area contributed by atoms with E-state index in [0.717, 1.165) is 22.4 Å². The van der Waals surface area contributed by atoms with Crippen molar-refractivity contribution < 1.29 is 9.59 Å². The first-order chi connectivity index (χ1) is 16.9. The fourth-order valence-electron chi connectivity index (χ4n) is 3.64. The molecule has 7 heteroatoms. The highest BCUT2D eigenvalue weighted by Gasteiger charge is 2.31. The Morgan fingerprint density at radius 3 is 2.23 bits per heavy atom. The lowest BCUT2D eigenvalue weighted by atomic mass is 10.0. The van der Waals surface area contributed by atoms with Crippen LogP contribution in [0.15, 0.2) is 77.7 Å². The van der Waals surface area contributed by atoms with E-state index < -0.39 is 6.04 Å². The number of nitrogens with zero attached hydrogens (tertiary/aromatic N) is 1. The number of benzene rings is 3. The molecule has 0 aliphatic rings. The second-order valence-corrected chi connectivity index (χ2v) is 10.2. The maximum atomic E-state index is 13.7.